The summed E-state index contributed by atoms with van der Waals surface area (Å²) in [5.41, 5.74) is 3.71. The Morgan fingerprint density at radius 3 is 2.41 bits per heavy atom. The first-order chi connectivity index (χ1) is 12.9. The zero-order valence-electron chi connectivity index (χ0n) is 16.0. The van der Waals surface area contributed by atoms with E-state index in [0.29, 0.717) is 0 Å². The van der Waals surface area contributed by atoms with Gasteiger partial charge < -0.3 is 9.64 Å². The number of benzene rings is 2. The fraction of sp³-hybridized carbons (Fsp3) is 0.217. The molecule has 0 N–H and O–H groups in total. The number of methoxy groups -OCH3 is 1. The van der Waals surface area contributed by atoms with Crippen molar-refractivity contribution in [3.05, 3.63) is 77.0 Å². The smallest absolute Gasteiger partial charge is 0.198 e. The SMILES string of the molecule is COc1ccc(/C=C(/C#N)C(=O)/C=C2\N(C)c3ccccc3C2(C)C)cc1. The Labute approximate surface area is 160 Å². The highest BCUT2D eigenvalue weighted by Crippen LogP contribution is 2.46. The second kappa shape index (κ2) is 7.13. The van der Waals surface area contributed by atoms with Crippen LogP contribution in [0.25, 0.3) is 6.08 Å². The minimum Gasteiger partial charge on any atom is -0.497 e. The van der Waals surface area contributed by atoms with Crippen molar-refractivity contribution < 1.29 is 9.53 Å². The van der Waals surface area contributed by atoms with E-state index in [4.69, 9.17) is 4.74 Å². The van der Waals surface area contributed by atoms with Gasteiger partial charge in [-0.25, -0.2) is 0 Å². The molecule has 0 spiro atoms. The maximum Gasteiger partial charge on any atom is 0.198 e. The van der Waals surface area contributed by atoms with Gasteiger partial charge in [-0.15, -0.1) is 0 Å². The number of ether oxygens (including phenoxy) is 1. The average Bonchev–Trinajstić information content (AvgIpc) is 2.87. The molecule has 2 aromatic carbocycles. The summed E-state index contributed by atoms with van der Waals surface area (Å²) in [6, 6.07) is 17.4. The van der Waals surface area contributed by atoms with E-state index in [2.05, 4.69) is 19.9 Å². The van der Waals surface area contributed by atoms with Crippen molar-refractivity contribution in [2.45, 2.75) is 19.3 Å². The summed E-state index contributed by atoms with van der Waals surface area (Å²) in [5, 5.41) is 9.50. The zero-order chi connectivity index (χ0) is 19.6. The van der Waals surface area contributed by atoms with Gasteiger partial charge in [0, 0.05) is 29.9 Å². The summed E-state index contributed by atoms with van der Waals surface area (Å²) < 4.78 is 5.13. The molecule has 136 valence electrons. The third-order valence-electron chi connectivity index (χ3n) is 5.02. The number of anilines is 1. The minimum absolute atomic E-state index is 0.104. The Morgan fingerprint density at radius 2 is 1.81 bits per heavy atom. The number of ketones is 1. The van der Waals surface area contributed by atoms with Crippen molar-refractivity contribution in [3.8, 4) is 11.8 Å². The number of nitrogens with zero attached hydrogens (tertiary/aromatic N) is 2. The van der Waals surface area contributed by atoms with Crippen LogP contribution in [0.3, 0.4) is 0 Å². The summed E-state index contributed by atoms with van der Waals surface area (Å²) in [7, 11) is 3.55. The molecule has 0 fully saturated rings. The number of nitriles is 1. The Balaban J connectivity index is 1.95. The Bertz CT molecular complexity index is 976. The third-order valence-corrected chi connectivity index (χ3v) is 5.02. The van der Waals surface area contributed by atoms with Crippen molar-refractivity contribution in [2.24, 2.45) is 0 Å². The molecule has 4 heteroatoms. The third kappa shape index (κ3) is 3.37. The molecule has 3 rings (SSSR count). The number of rotatable bonds is 4. The molecule has 2 aromatic rings. The number of carbonyl (C=O) groups is 1. The average molecular weight is 358 g/mol. The highest BCUT2D eigenvalue weighted by Gasteiger charge is 2.38. The predicted molar refractivity (Wildman–Crippen MR) is 108 cm³/mol. The number of likely N-dealkylation sites (N-methyl/N-ethyl adjacent to an activating group) is 1. The molecule has 0 saturated carbocycles. The summed E-state index contributed by atoms with van der Waals surface area (Å²) in [6.07, 6.45) is 3.19. The highest BCUT2D eigenvalue weighted by atomic mass is 16.5. The van der Waals surface area contributed by atoms with E-state index in [1.807, 2.05) is 48.3 Å². The minimum atomic E-state index is -0.304. The lowest BCUT2D eigenvalue weighted by Crippen LogP contribution is -2.24. The second-order valence-corrected chi connectivity index (χ2v) is 7.04. The van der Waals surface area contributed by atoms with Crippen LogP contribution < -0.4 is 9.64 Å². The lowest BCUT2D eigenvalue weighted by molar-refractivity contribution is -0.111. The van der Waals surface area contributed by atoms with Crippen molar-refractivity contribution in [1.29, 1.82) is 5.26 Å². The van der Waals surface area contributed by atoms with Crippen LogP contribution in [0.1, 0.15) is 25.0 Å². The quantitative estimate of drug-likeness (QED) is 0.597. The van der Waals surface area contributed by atoms with Crippen LogP contribution in [0.5, 0.6) is 5.75 Å². The van der Waals surface area contributed by atoms with Gasteiger partial charge in [-0.1, -0.05) is 44.2 Å². The standard InChI is InChI=1S/C23H22N2O2/c1-23(2)19-7-5-6-8-20(19)25(3)22(23)14-21(26)17(15-24)13-16-9-11-18(27-4)12-10-16/h5-14H,1-4H3/b17-13-,22-14-. The molecule has 0 aliphatic carbocycles. The molecule has 0 bridgehead atoms. The summed E-state index contributed by atoms with van der Waals surface area (Å²) in [4.78, 5) is 14.8. The monoisotopic (exact) mass is 358 g/mol. The van der Waals surface area contributed by atoms with Crippen LogP contribution in [0, 0.1) is 11.3 Å². The molecule has 0 unspecified atom stereocenters. The normalized spacial score (nSPS) is 16.8. The Morgan fingerprint density at radius 1 is 1.15 bits per heavy atom. The van der Waals surface area contributed by atoms with Gasteiger partial charge in [-0.3, -0.25) is 4.79 Å². The molecule has 27 heavy (non-hydrogen) atoms. The number of carbonyl (C=O) groups excluding carboxylic acids is 1. The van der Waals surface area contributed by atoms with E-state index in [0.717, 1.165) is 22.7 Å². The van der Waals surface area contributed by atoms with Crippen molar-refractivity contribution in [1.82, 2.24) is 0 Å². The Kier molecular flexibility index (Phi) is 4.87. The maximum atomic E-state index is 12.8. The molecule has 0 amide bonds. The first-order valence-electron chi connectivity index (χ1n) is 8.74. The van der Waals surface area contributed by atoms with Gasteiger partial charge in [0.2, 0.25) is 0 Å². The van der Waals surface area contributed by atoms with E-state index in [1.165, 1.54) is 5.56 Å². The summed E-state index contributed by atoms with van der Waals surface area (Å²) >= 11 is 0. The Hall–Kier alpha value is -3.32. The van der Waals surface area contributed by atoms with E-state index in [-0.39, 0.29) is 16.8 Å². The molecule has 1 aliphatic heterocycles. The molecule has 0 saturated heterocycles. The van der Waals surface area contributed by atoms with E-state index in [1.54, 1.807) is 31.4 Å². The van der Waals surface area contributed by atoms with Gasteiger partial charge in [0.25, 0.3) is 0 Å². The van der Waals surface area contributed by atoms with Gasteiger partial charge in [0.05, 0.1) is 12.7 Å². The van der Waals surface area contributed by atoms with Crippen molar-refractivity contribution in [3.63, 3.8) is 0 Å². The molecule has 4 nitrogen and oxygen atoms in total. The van der Waals surface area contributed by atoms with Crippen LogP contribution in [-0.2, 0) is 10.2 Å². The van der Waals surface area contributed by atoms with E-state index >= 15 is 0 Å². The van der Waals surface area contributed by atoms with Crippen LogP contribution in [0.4, 0.5) is 5.69 Å². The number of hydrogen-bond acceptors (Lipinski definition) is 4. The first-order valence-corrected chi connectivity index (χ1v) is 8.74. The predicted octanol–water partition coefficient (Wildman–Crippen LogP) is 4.48. The van der Waals surface area contributed by atoms with Gasteiger partial charge in [0.15, 0.2) is 5.78 Å². The van der Waals surface area contributed by atoms with E-state index in [9.17, 15) is 10.1 Å². The molecule has 1 aliphatic rings. The van der Waals surface area contributed by atoms with Gasteiger partial charge in [-0.05, 0) is 35.4 Å². The molecular formula is C23H22N2O2. The number of hydrogen-bond donors (Lipinski definition) is 0. The van der Waals surface area contributed by atoms with Crippen LogP contribution in [-0.4, -0.2) is 19.9 Å². The largest absolute Gasteiger partial charge is 0.497 e. The number of allylic oxidation sites excluding steroid dienone is 3. The van der Waals surface area contributed by atoms with Gasteiger partial charge >= 0.3 is 0 Å². The summed E-state index contributed by atoms with van der Waals surface area (Å²) in [5.74, 6) is 0.433. The molecule has 0 aromatic heterocycles. The fourth-order valence-electron chi connectivity index (χ4n) is 3.49. The zero-order valence-corrected chi connectivity index (χ0v) is 16.0. The van der Waals surface area contributed by atoms with Crippen molar-refractivity contribution >= 4 is 17.5 Å². The topological polar surface area (TPSA) is 53.3 Å². The first kappa shape index (κ1) is 18.5. The lowest BCUT2D eigenvalue weighted by Gasteiger charge is -2.23. The van der Waals surface area contributed by atoms with Crippen LogP contribution in [0.15, 0.2) is 65.9 Å². The second-order valence-electron chi connectivity index (χ2n) is 7.04. The van der Waals surface area contributed by atoms with Gasteiger partial charge in [-0.2, -0.15) is 5.26 Å². The van der Waals surface area contributed by atoms with Crippen LogP contribution in [0.2, 0.25) is 0 Å². The highest BCUT2D eigenvalue weighted by molar-refractivity contribution is 6.11. The fourth-order valence-corrected chi connectivity index (χ4v) is 3.49. The maximum absolute atomic E-state index is 12.8. The van der Waals surface area contributed by atoms with Gasteiger partial charge in [0.1, 0.15) is 11.8 Å². The molecule has 0 atom stereocenters. The number of para-hydroxylation sites is 1. The van der Waals surface area contributed by atoms with E-state index < -0.39 is 0 Å². The number of fused-ring (bicyclic) bond motifs is 1. The lowest BCUT2D eigenvalue weighted by atomic mass is 9.83. The van der Waals surface area contributed by atoms with Crippen molar-refractivity contribution in [2.75, 3.05) is 19.1 Å². The molecular weight excluding hydrogens is 336 g/mol. The summed E-state index contributed by atoms with van der Waals surface area (Å²) in [6.45, 7) is 4.18. The molecule has 0 radical (unpaired) electrons. The molecule has 1 heterocycles. The van der Waals surface area contributed by atoms with Crippen LogP contribution >= 0.6 is 0 Å².